The molecule has 1 heterocycles. The standard InChI is InChI=1S/C20H13N3O/c24-23-19-13-7-2-1-6-12(13)18-14(19)8-5-9-15(18)20-21-16-10-3-4-11-17(16)22-20/h1-11,24H,(H,21,22)/b23-19+. The fourth-order valence-corrected chi connectivity index (χ4v) is 3.48. The van der Waals surface area contributed by atoms with Crippen molar-refractivity contribution in [1.29, 1.82) is 0 Å². The number of nitrogens with one attached hydrogen (secondary N) is 1. The Morgan fingerprint density at radius 2 is 1.46 bits per heavy atom. The molecular weight excluding hydrogens is 298 g/mol. The molecule has 0 amide bonds. The van der Waals surface area contributed by atoms with E-state index >= 15 is 0 Å². The van der Waals surface area contributed by atoms with Crippen molar-refractivity contribution in [2.45, 2.75) is 0 Å². The van der Waals surface area contributed by atoms with Crippen LogP contribution >= 0.6 is 0 Å². The van der Waals surface area contributed by atoms with Crippen LogP contribution in [0.4, 0.5) is 0 Å². The van der Waals surface area contributed by atoms with Crippen LogP contribution in [0.15, 0.2) is 71.9 Å². The first-order valence-electron chi connectivity index (χ1n) is 7.77. The Balaban J connectivity index is 1.84. The lowest BCUT2D eigenvalue weighted by Gasteiger charge is -2.06. The van der Waals surface area contributed by atoms with Crippen LogP contribution in [0, 0.1) is 0 Å². The molecule has 4 aromatic rings. The summed E-state index contributed by atoms with van der Waals surface area (Å²) in [5.41, 5.74) is 7.56. The van der Waals surface area contributed by atoms with Gasteiger partial charge in [-0.15, -0.1) is 0 Å². The Morgan fingerprint density at radius 1 is 0.750 bits per heavy atom. The van der Waals surface area contributed by atoms with E-state index in [0.717, 1.165) is 44.7 Å². The molecule has 4 heteroatoms. The van der Waals surface area contributed by atoms with Gasteiger partial charge in [0.15, 0.2) is 0 Å². The number of rotatable bonds is 1. The number of aromatic nitrogens is 2. The third-order valence-electron chi connectivity index (χ3n) is 4.52. The van der Waals surface area contributed by atoms with Crippen LogP contribution in [0.5, 0.6) is 0 Å². The first-order valence-corrected chi connectivity index (χ1v) is 7.77. The highest BCUT2D eigenvalue weighted by atomic mass is 16.4. The van der Waals surface area contributed by atoms with Crippen LogP contribution in [-0.4, -0.2) is 20.9 Å². The molecule has 0 bridgehead atoms. The number of imidazole rings is 1. The van der Waals surface area contributed by atoms with Crippen LogP contribution in [0.3, 0.4) is 0 Å². The van der Waals surface area contributed by atoms with E-state index in [1.54, 1.807) is 0 Å². The van der Waals surface area contributed by atoms with Gasteiger partial charge in [0, 0.05) is 22.3 Å². The van der Waals surface area contributed by atoms with Crippen molar-refractivity contribution < 1.29 is 5.21 Å². The van der Waals surface area contributed by atoms with Gasteiger partial charge in [-0.25, -0.2) is 4.98 Å². The molecule has 0 spiro atoms. The number of H-pyrrole nitrogens is 1. The Hall–Kier alpha value is -3.40. The minimum absolute atomic E-state index is 0.610. The van der Waals surface area contributed by atoms with Crippen molar-refractivity contribution in [2.24, 2.45) is 5.16 Å². The molecule has 1 aromatic heterocycles. The second-order valence-electron chi connectivity index (χ2n) is 5.82. The molecule has 24 heavy (non-hydrogen) atoms. The number of hydrogen-bond acceptors (Lipinski definition) is 3. The predicted octanol–water partition coefficient (Wildman–Crippen LogP) is 4.44. The van der Waals surface area contributed by atoms with E-state index in [1.807, 2.05) is 60.7 Å². The molecule has 114 valence electrons. The lowest BCUT2D eigenvalue weighted by molar-refractivity contribution is 0.320. The van der Waals surface area contributed by atoms with Crippen molar-refractivity contribution in [3.8, 4) is 22.5 Å². The molecule has 2 N–H and O–H groups in total. The monoisotopic (exact) mass is 311 g/mol. The summed E-state index contributed by atoms with van der Waals surface area (Å²) in [7, 11) is 0. The van der Waals surface area contributed by atoms with Crippen molar-refractivity contribution in [1.82, 2.24) is 9.97 Å². The lowest BCUT2D eigenvalue weighted by atomic mass is 9.99. The van der Waals surface area contributed by atoms with E-state index < -0.39 is 0 Å². The van der Waals surface area contributed by atoms with Crippen LogP contribution in [0.25, 0.3) is 33.5 Å². The van der Waals surface area contributed by atoms with E-state index in [9.17, 15) is 5.21 Å². The number of oxime groups is 1. The van der Waals surface area contributed by atoms with E-state index in [4.69, 9.17) is 4.98 Å². The Bertz CT molecular complexity index is 1090. The van der Waals surface area contributed by atoms with Gasteiger partial charge in [0.25, 0.3) is 0 Å². The van der Waals surface area contributed by atoms with Crippen molar-refractivity contribution in [2.75, 3.05) is 0 Å². The van der Waals surface area contributed by atoms with Gasteiger partial charge in [0.05, 0.1) is 11.0 Å². The molecule has 4 nitrogen and oxygen atoms in total. The van der Waals surface area contributed by atoms with Gasteiger partial charge in [-0.3, -0.25) is 0 Å². The van der Waals surface area contributed by atoms with Gasteiger partial charge in [-0.1, -0.05) is 59.8 Å². The molecular formula is C20H13N3O. The van der Waals surface area contributed by atoms with Crippen molar-refractivity contribution in [3.05, 3.63) is 77.9 Å². The lowest BCUT2D eigenvalue weighted by Crippen LogP contribution is -1.97. The highest BCUT2D eigenvalue weighted by Gasteiger charge is 2.28. The number of nitrogens with zero attached hydrogens (tertiary/aromatic N) is 2. The van der Waals surface area contributed by atoms with Crippen molar-refractivity contribution in [3.63, 3.8) is 0 Å². The van der Waals surface area contributed by atoms with Gasteiger partial charge in [0.2, 0.25) is 0 Å². The van der Waals surface area contributed by atoms with Gasteiger partial charge in [0.1, 0.15) is 11.5 Å². The highest BCUT2D eigenvalue weighted by molar-refractivity contribution is 6.26. The van der Waals surface area contributed by atoms with E-state index in [0.29, 0.717) is 5.71 Å². The fourth-order valence-electron chi connectivity index (χ4n) is 3.48. The summed E-state index contributed by atoms with van der Waals surface area (Å²) < 4.78 is 0. The smallest absolute Gasteiger partial charge is 0.139 e. The SMILES string of the molecule is O/N=C1\c2ccccc2-c2c1cccc2-c1nc2ccccc2[nH]1. The summed E-state index contributed by atoms with van der Waals surface area (Å²) in [4.78, 5) is 8.12. The Morgan fingerprint density at radius 3 is 2.29 bits per heavy atom. The summed E-state index contributed by atoms with van der Waals surface area (Å²) in [5.74, 6) is 0.821. The molecule has 1 aliphatic carbocycles. The van der Waals surface area contributed by atoms with Gasteiger partial charge in [-0.05, 0) is 17.7 Å². The maximum atomic E-state index is 9.50. The largest absolute Gasteiger partial charge is 0.410 e. The predicted molar refractivity (Wildman–Crippen MR) is 94.4 cm³/mol. The fraction of sp³-hybridized carbons (Fsp3) is 0. The third-order valence-corrected chi connectivity index (χ3v) is 4.52. The summed E-state index contributed by atoms with van der Waals surface area (Å²) in [6, 6.07) is 22.0. The Kier molecular flexibility index (Phi) is 2.61. The van der Waals surface area contributed by atoms with Crippen LogP contribution in [0.2, 0.25) is 0 Å². The maximum Gasteiger partial charge on any atom is 0.139 e. The number of fused-ring (bicyclic) bond motifs is 4. The minimum Gasteiger partial charge on any atom is -0.410 e. The molecule has 0 saturated carbocycles. The first kappa shape index (κ1) is 13.1. The van der Waals surface area contributed by atoms with E-state index in [-0.39, 0.29) is 0 Å². The molecule has 3 aromatic carbocycles. The summed E-state index contributed by atoms with van der Waals surface area (Å²) >= 11 is 0. The quantitative estimate of drug-likeness (QED) is 0.355. The van der Waals surface area contributed by atoms with Crippen LogP contribution < -0.4 is 0 Å². The second kappa shape index (κ2) is 4.80. The van der Waals surface area contributed by atoms with Gasteiger partial charge < -0.3 is 10.2 Å². The Labute approximate surface area is 138 Å². The highest BCUT2D eigenvalue weighted by Crippen LogP contribution is 2.42. The normalized spacial score (nSPS) is 14.1. The molecule has 0 radical (unpaired) electrons. The summed E-state index contributed by atoms with van der Waals surface area (Å²) in [5, 5.41) is 13.0. The minimum atomic E-state index is 0.610. The molecule has 0 fully saturated rings. The average molecular weight is 311 g/mol. The van der Waals surface area contributed by atoms with Crippen molar-refractivity contribution >= 4 is 16.7 Å². The van der Waals surface area contributed by atoms with E-state index in [1.165, 1.54) is 0 Å². The van der Waals surface area contributed by atoms with Gasteiger partial charge in [-0.2, -0.15) is 0 Å². The number of hydrogen-bond donors (Lipinski definition) is 2. The number of para-hydroxylation sites is 2. The second-order valence-corrected chi connectivity index (χ2v) is 5.82. The molecule has 0 saturated heterocycles. The molecule has 0 unspecified atom stereocenters. The third kappa shape index (κ3) is 1.68. The molecule has 1 aliphatic rings. The zero-order valence-electron chi connectivity index (χ0n) is 12.7. The number of benzene rings is 3. The summed E-state index contributed by atoms with van der Waals surface area (Å²) in [6.45, 7) is 0. The molecule has 0 atom stereocenters. The van der Waals surface area contributed by atoms with Crippen LogP contribution in [-0.2, 0) is 0 Å². The molecule has 5 rings (SSSR count). The maximum absolute atomic E-state index is 9.50. The average Bonchev–Trinajstić information content (AvgIpc) is 3.20. The topological polar surface area (TPSA) is 61.3 Å². The molecule has 0 aliphatic heterocycles. The van der Waals surface area contributed by atoms with Gasteiger partial charge >= 0.3 is 0 Å². The summed E-state index contributed by atoms with van der Waals surface area (Å²) in [6.07, 6.45) is 0. The van der Waals surface area contributed by atoms with E-state index in [2.05, 4.69) is 16.2 Å². The number of aromatic amines is 1. The first-order chi connectivity index (χ1) is 11.9. The van der Waals surface area contributed by atoms with Crippen LogP contribution in [0.1, 0.15) is 11.1 Å². The zero-order chi connectivity index (χ0) is 16.1. The zero-order valence-corrected chi connectivity index (χ0v) is 12.7.